The molecule has 0 aliphatic heterocycles. The maximum Gasteiger partial charge on any atom is 0.255 e. The Morgan fingerprint density at radius 1 is 1.20 bits per heavy atom. The number of rotatable bonds is 6. The van der Waals surface area contributed by atoms with Gasteiger partial charge >= 0.3 is 0 Å². The Kier molecular flexibility index (Phi) is 4.52. The highest BCUT2D eigenvalue weighted by Gasteiger charge is 2.24. The summed E-state index contributed by atoms with van der Waals surface area (Å²) in [7, 11) is 0. The molecule has 7 nitrogen and oxygen atoms in total. The summed E-state index contributed by atoms with van der Waals surface area (Å²) in [5, 5.41) is 16.9. The van der Waals surface area contributed by atoms with Crippen LogP contribution in [0.3, 0.4) is 0 Å². The van der Waals surface area contributed by atoms with E-state index in [9.17, 15) is 9.50 Å². The molecular formula is C17H22FN5O2. The zero-order valence-corrected chi connectivity index (χ0v) is 13.9. The van der Waals surface area contributed by atoms with E-state index in [1.54, 1.807) is 6.20 Å². The molecule has 0 aromatic carbocycles. The van der Waals surface area contributed by atoms with Crippen LogP contribution >= 0.6 is 0 Å². The fraction of sp³-hybridized carbons (Fsp3) is 0.588. The number of nitrogens with one attached hydrogen (secondary N) is 1. The van der Waals surface area contributed by atoms with Crippen LogP contribution in [-0.4, -0.2) is 37.6 Å². The summed E-state index contributed by atoms with van der Waals surface area (Å²) in [5.41, 5.74) is 0.769. The lowest BCUT2D eigenvalue weighted by Gasteiger charge is -2.25. The molecule has 134 valence electrons. The molecule has 2 heterocycles. The number of aliphatic hydroxyl groups is 1. The minimum Gasteiger partial charge on any atom is -0.475 e. The number of aromatic nitrogens is 4. The number of nitrogens with zero attached hydrogens (tertiary/aromatic N) is 4. The number of anilines is 2. The van der Waals surface area contributed by atoms with Crippen LogP contribution in [0.1, 0.15) is 44.6 Å². The molecule has 0 bridgehead atoms. The normalized spacial score (nSPS) is 23.4. The summed E-state index contributed by atoms with van der Waals surface area (Å²) in [4.78, 5) is 8.09. The second-order valence-electron chi connectivity index (χ2n) is 6.90. The summed E-state index contributed by atoms with van der Waals surface area (Å²) in [6.45, 7) is 0.402. The maximum atomic E-state index is 13.9. The SMILES string of the molecule is O[C@H]1CC[C@H](COc2nc(Nc3cnn(C4CC4)c3)ncc2F)CC1. The molecule has 8 heteroatoms. The van der Waals surface area contributed by atoms with Crippen LogP contribution in [0.2, 0.25) is 0 Å². The van der Waals surface area contributed by atoms with E-state index in [1.807, 2.05) is 10.9 Å². The predicted molar refractivity (Wildman–Crippen MR) is 89.2 cm³/mol. The van der Waals surface area contributed by atoms with Gasteiger partial charge in [-0.2, -0.15) is 14.5 Å². The Balaban J connectivity index is 1.37. The molecule has 0 unspecified atom stereocenters. The quantitative estimate of drug-likeness (QED) is 0.836. The van der Waals surface area contributed by atoms with E-state index in [-0.39, 0.29) is 17.9 Å². The Hall–Kier alpha value is -2.22. The van der Waals surface area contributed by atoms with Crippen molar-refractivity contribution in [3.05, 3.63) is 24.4 Å². The maximum absolute atomic E-state index is 13.9. The van der Waals surface area contributed by atoms with Crippen molar-refractivity contribution >= 4 is 11.6 Å². The van der Waals surface area contributed by atoms with Crippen molar-refractivity contribution in [3.8, 4) is 5.88 Å². The highest BCUT2D eigenvalue weighted by Crippen LogP contribution is 2.34. The monoisotopic (exact) mass is 347 g/mol. The molecule has 0 radical (unpaired) electrons. The van der Waals surface area contributed by atoms with Crippen molar-refractivity contribution < 1.29 is 14.2 Å². The van der Waals surface area contributed by atoms with Crippen molar-refractivity contribution in [1.82, 2.24) is 19.7 Å². The minimum absolute atomic E-state index is 0.0433. The fourth-order valence-electron chi connectivity index (χ4n) is 3.09. The molecule has 0 amide bonds. The van der Waals surface area contributed by atoms with Gasteiger partial charge in [-0.25, -0.2) is 4.98 Å². The third kappa shape index (κ3) is 4.07. The van der Waals surface area contributed by atoms with Gasteiger partial charge in [0.15, 0.2) is 0 Å². The van der Waals surface area contributed by atoms with Gasteiger partial charge in [0, 0.05) is 6.20 Å². The lowest BCUT2D eigenvalue weighted by atomic mass is 9.88. The van der Waals surface area contributed by atoms with Crippen LogP contribution < -0.4 is 10.1 Å². The van der Waals surface area contributed by atoms with E-state index in [4.69, 9.17) is 4.74 Å². The molecule has 0 spiro atoms. The third-order valence-corrected chi connectivity index (χ3v) is 4.76. The first-order chi connectivity index (χ1) is 12.2. The Labute approximate surface area is 145 Å². The van der Waals surface area contributed by atoms with Crippen molar-refractivity contribution in [2.75, 3.05) is 11.9 Å². The number of aliphatic hydroxyl groups excluding tert-OH is 1. The van der Waals surface area contributed by atoms with Crippen LogP contribution in [0.25, 0.3) is 0 Å². The zero-order valence-electron chi connectivity index (χ0n) is 13.9. The van der Waals surface area contributed by atoms with Gasteiger partial charge < -0.3 is 15.2 Å². The molecule has 0 atom stereocenters. The first-order valence-corrected chi connectivity index (χ1v) is 8.82. The number of hydrogen-bond donors (Lipinski definition) is 2. The molecule has 0 saturated heterocycles. The van der Waals surface area contributed by atoms with Crippen LogP contribution in [0.15, 0.2) is 18.6 Å². The van der Waals surface area contributed by atoms with Gasteiger partial charge in [0.05, 0.1) is 36.8 Å². The number of hydrogen-bond acceptors (Lipinski definition) is 6. The Morgan fingerprint density at radius 3 is 2.76 bits per heavy atom. The average Bonchev–Trinajstić information content (AvgIpc) is 3.36. The molecule has 2 aliphatic carbocycles. The van der Waals surface area contributed by atoms with Gasteiger partial charge in [0.25, 0.3) is 5.88 Å². The van der Waals surface area contributed by atoms with Gasteiger partial charge in [0.1, 0.15) is 0 Å². The lowest BCUT2D eigenvalue weighted by Crippen LogP contribution is -2.23. The first kappa shape index (κ1) is 16.3. The molecule has 2 aromatic heterocycles. The van der Waals surface area contributed by atoms with E-state index in [0.29, 0.717) is 18.6 Å². The summed E-state index contributed by atoms with van der Waals surface area (Å²) in [6.07, 6.45) is 10.2. The Bertz CT molecular complexity index is 726. The Morgan fingerprint density at radius 2 is 2.00 bits per heavy atom. The molecule has 2 saturated carbocycles. The van der Waals surface area contributed by atoms with E-state index < -0.39 is 5.82 Å². The molecule has 2 aromatic rings. The lowest BCUT2D eigenvalue weighted by molar-refractivity contribution is 0.0899. The minimum atomic E-state index is -0.574. The molecular weight excluding hydrogens is 325 g/mol. The average molecular weight is 347 g/mol. The summed E-state index contributed by atoms with van der Waals surface area (Å²) in [6, 6.07) is 0.498. The smallest absolute Gasteiger partial charge is 0.255 e. The summed E-state index contributed by atoms with van der Waals surface area (Å²) in [5.74, 6) is -0.00922. The van der Waals surface area contributed by atoms with Crippen molar-refractivity contribution in [2.45, 2.75) is 50.7 Å². The first-order valence-electron chi connectivity index (χ1n) is 8.82. The van der Waals surface area contributed by atoms with Crippen LogP contribution in [0.4, 0.5) is 16.0 Å². The molecule has 25 heavy (non-hydrogen) atoms. The van der Waals surface area contributed by atoms with Crippen LogP contribution in [-0.2, 0) is 0 Å². The topological polar surface area (TPSA) is 85.1 Å². The zero-order chi connectivity index (χ0) is 17.2. The van der Waals surface area contributed by atoms with Gasteiger partial charge in [-0.15, -0.1) is 0 Å². The van der Waals surface area contributed by atoms with Crippen molar-refractivity contribution in [1.29, 1.82) is 0 Å². The van der Waals surface area contributed by atoms with Crippen molar-refractivity contribution in [3.63, 3.8) is 0 Å². The third-order valence-electron chi connectivity index (χ3n) is 4.76. The van der Waals surface area contributed by atoms with E-state index in [1.165, 1.54) is 0 Å². The van der Waals surface area contributed by atoms with Gasteiger partial charge in [0.2, 0.25) is 11.8 Å². The standard InChI is InChI=1S/C17H22FN5O2/c18-15-8-19-17(21-12-7-20-23(9-12)13-3-4-13)22-16(15)25-10-11-1-5-14(24)6-2-11/h7-9,11,13-14,24H,1-6,10H2,(H,19,21,22)/t11-,14-. The molecule has 2 fully saturated rings. The summed E-state index contributed by atoms with van der Waals surface area (Å²) >= 11 is 0. The van der Waals surface area contributed by atoms with Crippen LogP contribution in [0, 0.1) is 11.7 Å². The number of ether oxygens (including phenoxy) is 1. The van der Waals surface area contributed by atoms with E-state index >= 15 is 0 Å². The molecule has 2 N–H and O–H groups in total. The second kappa shape index (κ2) is 6.95. The number of halogens is 1. The highest BCUT2D eigenvalue weighted by atomic mass is 19.1. The van der Waals surface area contributed by atoms with Crippen LogP contribution in [0.5, 0.6) is 5.88 Å². The highest BCUT2D eigenvalue weighted by molar-refractivity contribution is 5.50. The van der Waals surface area contributed by atoms with Gasteiger partial charge in [-0.05, 0) is 44.4 Å². The molecule has 4 rings (SSSR count). The second-order valence-corrected chi connectivity index (χ2v) is 6.90. The fourth-order valence-corrected chi connectivity index (χ4v) is 3.09. The van der Waals surface area contributed by atoms with Gasteiger partial charge in [-0.1, -0.05) is 0 Å². The molecule has 2 aliphatic rings. The predicted octanol–water partition coefficient (Wildman–Crippen LogP) is 2.82. The largest absolute Gasteiger partial charge is 0.475 e. The van der Waals surface area contributed by atoms with E-state index in [2.05, 4.69) is 20.4 Å². The van der Waals surface area contributed by atoms with E-state index in [0.717, 1.165) is 50.4 Å². The summed E-state index contributed by atoms with van der Waals surface area (Å²) < 4.78 is 21.4. The van der Waals surface area contributed by atoms with Gasteiger partial charge in [-0.3, -0.25) is 4.68 Å². The van der Waals surface area contributed by atoms with Crippen molar-refractivity contribution in [2.24, 2.45) is 5.92 Å².